The van der Waals surface area contributed by atoms with Gasteiger partial charge < -0.3 is 0 Å². The maximum Gasteiger partial charge on any atom is 0.155 e. The first-order chi connectivity index (χ1) is 10.3. The van der Waals surface area contributed by atoms with Crippen molar-refractivity contribution in [2.24, 2.45) is 0 Å². The molecule has 3 aromatic rings. The molecule has 2 aromatic carbocycles. The van der Waals surface area contributed by atoms with Crippen LogP contribution in [-0.4, -0.2) is 15.0 Å². The van der Waals surface area contributed by atoms with Crippen LogP contribution in [0.25, 0.3) is 16.7 Å². The summed E-state index contributed by atoms with van der Waals surface area (Å²) in [5, 5.41) is 26.6. The van der Waals surface area contributed by atoms with Crippen molar-refractivity contribution in [3.8, 4) is 12.1 Å². The standard InChI is InChI=1S/C16H9N5/c17-10-13(11-18)16(12-6-2-1-3-7-12)21-15-9-5-4-8-14(15)19-20-21/h1-9H. The van der Waals surface area contributed by atoms with E-state index in [0.29, 0.717) is 11.2 Å². The number of fused-ring (bicyclic) bond motifs is 1. The fourth-order valence-electron chi connectivity index (χ4n) is 2.13. The Morgan fingerprint density at radius 1 is 0.905 bits per heavy atom. The first-order valence-corrected chi connectivity index (χ1v) is 6.26. The number of aromatic nitrogens is 3. The first-order valence-electron chi connectivity index (χ1n) is 6.26. The zero-order valence-corrected chi connectivity index (χ0v) is 10.9. The number of allylic oxidation sites excluding steroid dienone is 1. The average molecular weight is 271 g/mol. The summed E-state index contributed by atoms with van der Waals surface area (Å²) in [7, 11) is 0. The topological polar surface area (TPSA) is 78.3 Å². The minimum Gasteiger partial charge on any atom is -0.210 e. The van der Waals surface area contributed by atoms with Gasteiger partial charge in [-0.1, -0.05) is 47.7 Å². The largest absolute Gasteiger partial charge is 0.210 e. The Morgan fingerprint density at radius 2 is 1.57 bits per heavy atom. The number of hydrogen-bond donors (Lipinski definition) is 0. The smallest absolute Gasteiger partial charge is 0.155 e. The second-order valence-electron chi connectivity index (χ2n) is 4.30. The summed E-state index contributed by atoms with van der Waals surface area (Å²) in [4.78, 5) is 0. The quantitative estimate of drug-likeness (QED) is 0.671. The summed E-state index contributed by atoms with van der Waals surface area (Å²) in [6.07, 6.45) is 0. The molecule has 21 heavy (non-hydrogen) atoms. The van der Waals surface area contributed by atoms with Gasteiger partial charge in [0.2, 0.25) is 0 Å². The van der Waals surface area contributed by atoms with Crippen LogP contribution in [0, 0.1) is 22.7 Å². The third kappa shape index (κ3) is 2.13. The van der Waals surface area contributed by atoms with Gasteiger partial charge in [-0.25, -0.2) is 4.68 Å². The van der Waals surface area contributed by atoms with E-state index in [1.807, 2.05) is 66.7 Å². The van der Waals surface area contributed by atoms with E-state index in [0.717, 1.165) is 11.1 Å². The number of nitrogens with zero attached hydrogens (tertiary/aromatic N) is 5. The van der Waals surface area contributed by atoms with Crippen LogP contribution in [0.1, 0.15) is 5.56 Å². The average Bonchev–Trinajstić information content (AvgIpc) is 2.97. The van der Waals surface area contributed by atoms with Crippen LogP contribution in [0.5, 0.6) is 0 Å². The Hall–Kier alpha value is -3.44. The van der Waals surface area contributed by atoms with Crippen LogP contribution in [0.15, 0.2) is 60.2 Å². The van der Waals surface area contributed by atoms with Gasteiger partial charge in [0, 0.05) is 5.56 Å². The summed E-state index contributed by atoms with van der Waals surface area (Å²) in [5.74, 6) is 0. The van der Waals surface area contributed by atoms with E-state index in [2.05, 4.69) is 10.3 Å². The van der Waals surface area contributed by atoms with Crippen molar-refractivity contribution >= 4 is 16.7 Å². The van der Waals surface area contributed by atoms with Gasteiger partial charge in [0.15, 0.2) is 5.57 Å². The lowest BCUT2D eigenvalue weighted by Gasteiger charge is -2.08. The summed E-state index contributed by atoms with van der Waals surface area (Å²) >= 11 is 0. The van der Waals surface area contributed by atoms with Crippen molar-refractivity contribution in [1.82, 2.24) is 15.0 Å². The van der Waals surface area contributed by atoms with Gasteiger partial charge in [0.1, 0.15) is 23.4 Å². The van der Waals surface area contributed by atoms with Crippen molar-refractivity contribution in [1.29, 1.82) is 10.5 Å². The minimum absolute atomic E-state index is 0.00291. The Balaban J connectivity index is 2.35. The normalized spacial score (nSPS) is 9.81. The molecule has 0 fully saturated rings. The molecule has 1 aromatic heterocycles. The molecule has 98 valence electrons. The maximum absolute atomic E-state index is 9.24. The molecule has 0 aliphatic rings. The number of benzene rings is 2. The van der Waals surface area contributed by atoms with E-state index in [1.54, 1.807) is 0 Å². The molecular formula is C16H9N5. The highest BCUT2D eigenvalue weighted by molar-refractivity contribution is 5.84. The predicted octanol–water partition coefficient (Wildman–Crippen LogP) is 2.74. The zero-order valence-electron chi connectivity index (χ0n) is 10.9. The van der Waals surface area contributed by atoms with E-state index in [4.69, 9.17) is 0 Å². The molecule has 0 aliphatic carbocycles. The van der Waals surface area contributed by atoms with E-state index < -0.39 is 0 Å². The van der Waals surface area contributed by atoms with E-state index in [1.165, 1.54) is 4.68 Å². The van der Waals surface area contributed by atoms with Crippen LogP contribution in [0.3, 0.4) is 0 Å². The van der Waals surface area contributed by atoms with Crippen LogP contribution in [-0.2, 0) is 0 Å². The summed E-state index contributed by atoms with van der Waals surface area (Å²) in [6, 6.07) is 20.5. The predicted molar refractivity (Wildman–Crippen MR) is 77.5 cm³/mol. The lowest BCUT2D eigenvalue weighted by molar-refractivity contribution is 0.839. The van der Waals surface area contributed by atoms with Crippen molar-refractivity contribution in [2.75, 3.05) is 0 Å². The summed E-state index contributed by atoms with van der Waals surface area (Å²) < 4.78 is 1.53. The van der Waals surface area contributed by atoms with Crippen molar-refractivity contribution in [2.45, 2.75) is 0 Å². The van der Waals surface area contributed by atoms with Crippen LogP contribution in [0.4, 0.5) is 0 Å². The molecule has 0 saturated heterocycles. The van der Waals surface area contributed by atoms with Gasteiger partial charge in [0.25, 0.3) is 0 Å². The molecule has 0 spiro atoms. The van der Waals surface area contributed by atoms with Gasteiger partial charge >= 0.3 is 0 Å². The zero-order chi connectivity index (χ0) is 14.7. The monoisotopic (exact) mass is 271 g/mol. The van der Waals surface area contributed by atoms with Crippen LogP contribution < -0.4 is 0 Å². The van der Waals surface area contributed by atoms with E-state index in [9.17, 15) is 10.5 Å². The summed E-state index contributed by atoms with van der Waals surface area (Å²) in [6.45, 7) is 0. The number of para-hydroxylation sites is 1. The molecule has 1 heterocycles. The summed E-state index contributed by atoms with van der Waals surface area (Å²) in [5.41, 5.74) is 2.64. The molecule has 0 radical (unpaired) electrons. The molecule has 0 saturated carbocycles. The molecule has 5 nitrogen and oxygen atoms in total. The van der Waals surface area contributed by atoms with Gasteiger partial charge in [-0.3, -0.25) is 0 Å². The number of rotatable bonds is 2. The number of nitriles is 2. The van der Waals surface area contributed by atoms with Crippen molar-refractivity contribution in [3.63, 3.8) is 0 Å². The van der Waals surface area contributed by atoms with Gasteiger partial charge in [-0.05, 0) is 12.1 Å². The van der Waals surface area contributed by atoms with Gasteiger partial charge in [-0.2, -0.15) is 10.5 Å². The molecule has 0 bridgehead atoms. The molecule has 5 heteroatoms. The van der Waals surface area contributed by atoms with E-state index in [-0.39, 0.29) is 5.57 Å². The highest BCUT2D eigenvalue weighted by Gasteiger charge is 2.15. The second-order valence-corrected chi connectivity index (χ2v) is 4.30. The molecule has 0 atom stereocenters. The van der Waals surface area contributed by atoms with Crippen LogP contribution in [0.2, 0.25) is 0 Å². The first kappa shape index (κ1) is 12.6. The van der Waals surface area contributed by atoms with Crippen molar-refractivity contribution in [3.05, 3.63) is 65.7 Å². The van der Waals surface area contributed by atoms with Gasteiger partial charge in [0.05, 0.1) is 5.52 Å². The third-order valence-corrected chi connectivity index (χ3v) is 3.07. The minimum atomic E-state index is -0.00291. The highest BCUT2D eigenvalue weighted by Crippen LogP contribution is 2.23. The van der Waals surface area contributed by atoms with Crippen LogP contribution >= 0.6 is 0 Å². The highest BCUT2D eigenvalue weighted by atomic mass is 15.4. The Labute approximate surface area is 121 Å². The fraction of sp³-hybridized carbons (Fsp3) is 0. The van der Waals surface area contributed by atoms with Gasteiger partial charge in [-0.15, -0.1) is 5.10 Å². The SMILES string of the molecule is N#CC(C#N)=C(c1ccccc1)n1nnc2ccccc21. The lowest BCUT2D eigenvalue weighted by atomic mass is 10.1. The number of hydrogen-bond acceptors (Lipinski definition) is 4. The van der Waals surface area contributed by atoms with E-state index >= 15 is 0 Å². The Bertz CT molecular complexity index is 891. The third-order valence-electron chi connectivity index (χ3n) is 3.07. The molecule has 0 N–H and O–H groups in total. The Morgan fingerprint density at radius 3 is 2.29 bits per heavy atom. The molecule has 0 unspecified atom stereocenters. The molecule has 0 aliphatic heterocycles. The maximum atomic E-state index is 9.24. The Kier molecular flexibility index (Phi) is 3.16. The fourth-order valence-corrected chi connectivity index (χ4v) is 2.13. The molecule has 3 rings (SSSR count). The lowest BCUT2D eigenvalue weighted by Crippen LogP contribution is -2.04. The molecular weight excluding hydrogens is 262 g/mol. The molecule has 0 amide bonds. The van der Waals surface area contributed by atoms with Crippen molar-refractivity contribution < 1.29 is 0 Å². The second kappa shape index (κ2) is 5.28.